The molecule has 2 rings (SSSR count). The van der Waals surface area contributed by atoms with Gasteiger partial charge in [-0.1, -0.05) is 5.16 Å². The van der Waals surface area contributed by atoms with Gasteiger partial charge >= 0.3 is 0 Å². The van der Waals surface area contributed by atoms with Crippen molar-refractivity contribution >= 4 is 10.0 Å². The minimum absolute atomic E-state index is 0.364. The lowest BCUT2D eigenvalue weighted by Crippen LogP contribution is -2.34. The van der Waals surface area contributed by atoms with Crippen molar-refractivity contribution in [2.24, 2.45) is 0 Å². The van der Waals surface area contributed by atoms with E-state index in [1.165, 1.54) is 0 Å². The molecule has 0 saturated carbocycles. The summed E-state index contributed by atoms with van der Waals surface area (Å²) in [4.78, 5) is 0. The van der Waals surface area contributed by atoms with Gasteiger partial charge in [-0.25, -0.2) is 21.9 Å². The monoisotopic (exact) mass is 334 g/mol. The molecule has 0 unspecified atom stereocenters. The molecule has 0 saturated heterocycles. The summed E-state index contributed by atoms with van der Waals surface area (Å²) in [5.74, 6) is -0.0692. The van der Waals surface area contributed by atoms with E-state index in [4.69, 9.17) is 4.52 Å². The lowest BCUT2D eigenvalue weighted by Gasteiger charge is -2.12. The largest absolute Gasteiger partial charge is 0.442 e. The molecule has 0 amide bonds. The van der Waals surface area contributed by atoms with E-state index in [0.717, 1.165) is 17.7 Å². The second-order valence-corrected chi connectivity index (χ2v) is 6.63. The number of nitrogens with zero attached hydrogens (tertiary/aromatic N) is 1. The SMILES string of the molecule is Cc1noc(C)c1C[C@@H](C)NS(=O)(=O)c1ccc(C(F)F)o1. The summed E-state index contributed by atoms with van der Waals surface area (Å²) >= 11 is 0. The quantitative estimate of drug-likeness (QED) is 0.878. The lowest BCUT2D eigenvalue weighted by molar-refractivity contribution is 0.116. The first kappa shape index (κ1) is 16.6. The molecule has 0 radical (unpaired) electrons. The smallest absolute Gasteiger partial charge is 0.295 e. The highest BCUT2D eigenvalue weighted by molar-refractivity contribution is 7.89. The van der Waals surface area contributed by atoms with Crippen LogP contribution in [0.2, 0.25) is 0 Å². The average molecular weight is 334 g/mol. The maximum Gasteiger partial charge on any atom is 0.295 e. The summed E-state index contributed by atoms with van der Waals surface area (Å²) < 4.78 is 61.1. The molecule has 0 bridgehead atoms. The van der Waals surface area contributed by atoms with Crippen molar-refractivity contribution in [1.82, 2.24) is 9.88 Å². The minimum Gasteiger partial charge on any atom is -0.442 e. The van der Waals surface area contributed by atoms with Crippen LogP contribution in [0.5, 0.6) is 0 Å². The Morgan fingerprint density at radius 3 is 2.50 bits per heavy atom. The molecule has 122 valence electrons. The van der Waals surface area contributed by atoms with Gasteiger partial charge in [0.05, 0.1) is 5.69 Å². The molecule has 6 nitrogen and oxygen atoms in total. The Hall–Kier alpha value is -1.74. The van der Waals surface area contributed by atoms with Crippen molar-refractivity contribution in [2.75, 3.05) is 0 Å². The van der Waals surface area contributed by atoms with Crippen LogP contribution in [0.4, 0.5) is 8.78 Å². The molecule has 0 aliphatic carbocycles. The molecule has 0 aliphatic rings. The Morgan fingerprint density at radius 2 is 2.00 bits per heavy atom. The number of aryl methyl sites for hydroxylation is 2. The molecule has 2 heterocycles. The summed E-state index contributed by atoms with van der Waals surface area (Å²) in [5, 5.41) is 3.26. The molecule has 0 aliphatic heterocycles. The van der Waals surface area contributed by atoms with Crippen molar-refractivity contribution in [2.45, 2.75) is 44.8 Å². The molecule has 2 aromatic heterocycles. The molecule has 2 aromatic rings. The summed E-state index contributed by atoms with van der Waals surface area (Å²) in [5.41, 5.74) is 1.49. The average Bonchev–Trinajstić information content (AvgIpc) is 3.01. The van der Waals surface area contributed by atoms with E-state index in [-0.39, 0.29) is 0 Å². The normalized spacial score (nSPS) is 13.7. The van der Waals surface area contributed by atoms with Gasteiger partial charge in [-0.3, -0.25) is 0 Å². The van der Waals surface area contributed by atoms with E-state index in [9.17, 15) is 17.2 Å². The van der Waals surface area contributed by atoms with Crippen molar-refractivity contribution in [3.05, 3.63) is 34.9 Å². The maximum atomic E-state index is 12.4. The summed E-state index contributed by atoms with van der Waals surface area (Å²) in [6.07, 6.45) is -2.49. The molecule has 1 atom stereocenters. The fraction of sp³-hybridized carbons (Fsp3) is 0.462. The van der Waals surface area contributed by atoms with Gasteiger partial charge in [0.1, 0.15) is 5.76 Å². The second-order valence-electron chi connectivity index (χ2n) is 4.99. The standard InChI is InChI=1S/C13H16F2N2O4S/c1-7(6-10-8(2)16-21-9(10)3)17-22(18,19)12-5-4-11(20-12)13(14)15/h4-5,7,13,17H,6H2,1-3H3/t7-/m1/s1. The third-order valence-corrected chi connectivity index (χ3v) is 4.59. The van der Waals surface area contributed by atoms with Crippen molar-refractivity contribution in [3.63, 3.8) is 0 Å². The van der Waals surface area contributed by atoms with Crippen LogP contribution in [-0.4, -0.2) is 19.6 Å². The van der Waals surface area contributed by atoms with Crippen LogP contribution in [0.1, 0.15) is 36.1 Å². The fourth-order valence-electron chi connectivity index (χ4n) is 2.06. The number of nitrogens with one attached hydrogen (secondary N) is 1. The molecule has 22 heavy (non-hydrogen) atoms. The van der Waals surface area contributed by atoms with Gasteiger partial charge in [-0.15, -0.1) is 0 Å². The van der Waals surface area contributed by atoms with Gasteiger partial charge in [0.2, 0.25) is 5.09 Å². The number of alkyl halides is 2. The zero-order valence-corrected chi connectivity index (χ0v) is 13.1. The van der Waals surface area contributed by atoms with Gasteiger partial charge < -0.3 is 8.94 Å². The highest BCUT2D eigenvalue weighted by Crippen LogP contribution is 2.24. The number of hydrogen-bond donors (Lipinski definition) is 1. The number of furan rings is 1. The van der Waals surface area contributed by atoms with Crippen LogP contribution in [0.25, 0.3) is 0 Å². The molecule has 0 aromatic carbocycles. The maximum absolute atomic E-state index is 12.4. The van der Waals surface area contributed by atoms with Crippen LogP contribution in [0, 0.1) is 13.8 Å². The summed E-state index contributed by atoms with van der Waals surface area (Å²) in [6.45, 7) is 5.15. The first-order valence-corrected chi connectivity index (χ1v) is 8.01. The topological polar surface area (TPSA) is 85.3 Å². The number of aromatic nitrogens is 1. The molecular weight excluding hydrogens is 318 g/mol. The predicted molar refractivity (Wildman–Crippen MR) is 73.1 cm³/mol. The Kier molecular flexibility index (Phi) is 4.66. The molecule has 0 spiro atoms. The molecule has 1 N–H and O–H groups in total. The van der Waals surface area contributed by atoms with Crippen LogP contribution < -0.4 is 4.72 Å². The first-order valence-electron chi connectivity index (χ1n) is 6.52. The Balaban J connectivity index is 2.11. The first-order chi connectivity index (χ1) is 10.2. The van der Waals surface area contributed by atoms with Crippen molar-refractivity contribution in [1.29, 1.82) is 0 Å². The van der Waals surface area contributed by atoms with Gasteiger partial charge in [0.15, 0.2) is 5.76 Å². The van der Waals surface area contributed by atoms with E-state index in [0.29, 0.717) is 17.9 Å². The Bertz CT molecular complexity index is 732. The zero-order chi connectivity index (χ0) is 16.5. The number of hydrogen-bond acceptors (Lipinski definition) is 5. The predicted octanol–water partition coefficient (Wildman–Crippen LogP) is 2.73. The lowest BCUT2D eigenvalue weighted by atomic mass is 10.1. The van der Waals surface area contributed by atoms with E-state index < -0.39 is 33.3 Å². The number of sulfonamides is 1. The Morgan fingerprint density at radius 1 is 1.32 bits per heavy atom. The molecule has 0 fully saturated rings. The van der Waals surface area contributed by atoms with E-state index in [1.807, 2.05) is 0 Å². The second kappa shape index (κ2) is 6.17. The van der Waals surface area contributed by atoms with Crippen molar-refractivity contribution in [3.8, 4) is 0 Å². The van der Waals surface area contributed by atoms with Crippen LogP contribution >= 0.6 is 0 Å². The minimum atomic E-state index is -4.00. The van der Waals surface area contributed by atoms with Gasteiger partial charge in [0.25, 0.3) is 16.4 Å². The zero-order valence-electron chi connectivity index (χ0n) is 12.3. The fourth-order valence-corrected chi connectivity index (χ4v) is 3.24. The molecular formula is C13H16F2N2O4S. The number of rotatable bonds is 6. The van der Waals surface area contributed by atoms with E-state index >= 15 is 0 Å². The van der Waals surface area contributed by atoms with E-state index in [2.05, 4.69) is 14.3 Å². The van der Waals surface area contributed by atoms with Gasteiger partial charge in [-0.2, -0.15) is 0 Å². The summed E-state index contributed by atoms with van der Waals surface area (Å²) in [6, 6.07) is 1.46. The van der Waals surface area contributed by atoms with Crippen LogP contribution in [0.15, 0.2) is 26.2 Å². The third kappa shape index (κ3) is 3.53. The van der Waals surface area contributed by atoms with Crippen molar-refractivity contribution < 1.29 is 26.1 Å². The van der Waals surface area contributed by atoms with Gasteiger partial charge in [0, 0.05) is 11.6 Å². The van der Waals surface area contributed by atoms with Gasteiger partial charge in [-0.05, 0) is 39.3 Å². The number of halogens is 2. The highest BCUT2D eigenvalue weighted by Gasteiger charge is 2.24. The van der Waals surface area contributed by atoms with Crippen LogP contribution in [-0.2, 0) is 16.4 Å². The third-order valence-electron chi connectivity index (χ3n) is 3.13. The molecule has 9 heteroatoms. The Labute approximate surface area is 126 Å². The summed E-state index contributed by atoms with van der Waals surface area (Å²) in [7, 11) is -4.00. The van der Waals surface area contributed by atoms with Crippen LogP contribution in [0.3, 0.4) is 0 Å². The highest BCUT2D eigenvalue weighted by atomic mass is 32.2. The van der Waals surface area contributed by atoms with E-state index in [1.54, 1.807) is 20.8 Å².